The molecule has 0 saturated heterocycles. The predicted octanol–water partition coefficient (Wildman–Crippen LogP) is 1.38. The number of hydroxylamine groups is 1. The molecule has 3 rings (SSSR count). The molecule has 0 radical (unpaired) electrons. The second kappa shape index (κ2) is 5.90. The number of benzene rings is 1. The van der Waals surface area contributed by atoms with Crippen LogP contribution in [0.25, 0.3) is 5.70 Å². The van der Waals surface area contributed by atoms with E-state index in [4.69, 9.17) is 10.6 Å². The number of nitrogens with two attached hydrogens (primary N) is 1. The van der Waals surface area contributed by atoms with Gasteiger partial charge >= 0.3 is 0 Å². The molecule has 0 aliphatic carbocycles. The number of primary amides is 1. The fraction of sp³-hybridized carbons (Fsp3) is 0.200. The number of nitrogens with zero attached hydrogens (tertiary/aromatic N) is 2. The van der Waals surface area contributed by atoms with Crippen LogP contribution in [-0.4, -0.2) is 21.8 Å². The molecule has 2 heterocycles. The summed E-state index contributed by atoms with van der Waals surface area (Å²) in [6, 6.07) is 9.68. The van der Waals surface area contributed by atoms with Gasteiger partial charge in [-0.3, -0.25) is 15.1 Å². The minimum absolute atomic E-state index is 0.520. The average Bonchev–Trinajstić information content (AvgIpc) is 3.17. The molecule has 1 aromatic carbocycles. The number of amides is 1. The molecule has 7 nitrogen and oxygen atoms in total. The van der Waals surface area contributed by atoms with Crippen LogP contribution in [0.1, 0.15) is 12.5 Å². The number of carbonyl (C=O) groups excluding carboxylic acids is 1. The van der Waals surface area contributed by atoms with Crippen LogP contribution < -0.4 is 16.5 Å². The summed E-state index contributed by atoms with van der Waals surface area (Å²) < 4.78 is 1.88. The third-order valence-corrected chi connectivity index (χ3v) is 3.38. The third kappa shape index (κ3) is 2.79. The lowest BCUT2D eigenvalue weighted by molar-refractivity contribution is -0.127. The van der Waals surface area contributed by atoms with Gasteiger partial charge in [0.2, 0.25) is 0 Å². The minimum Gasteiger partial charge on any atom is -0.367 e. The lowest BCUT2D eigenvalue weighted by Gasteiger charge is -2.09. The summed E-state index contributed by atoms with van der Waals surface area (Å²) in [7, 11) is 0. The van der Waals surface area contributed by atoms with Crippen LogP contribution in [0, 0.1) is 0 Å². The normalized spacial score (nSPS) is 17.0. The Morgan fingerprint density at radius 3 is 2.82 bits per heavy atom. The van der Waals surface area contributed by atoms with Gasteiger partial charge in [0.1, 0.15) is 5.82 Å². The number of aromatic nitrogens is 2. The second-order valence-corrected chi connectivity index (χ2v) is 4.86. The molecule has 1 aromatic heterocycles. The summed E-state index contributed by atoms with van der Waals surface area (Å²) in [4.78, 5) is 16.1. The van der Waals surface area contributed by atoms with Crippen LogP contribution in [0.5, 0.6) is 0 Å². The highest BCUT2D eigenvalue weighted by Crippen LogP contribution is 2.22. The largest absolute Gasteiger partial charge is 0.367 e. The Labute approximate surface area is 127 Å². The van der Waals surface area contributed by atoms with Crippen LogP contribution in [0.4, 0.5) is 11.5 Å². The zero-order chi connectivity index (χ0) is 15.5. The van der Waals surface area contributed by atoms with Gasteiger partial charge in [-0.05, 0) is 30.7 Å². The number of aryl methyl sites for hydroxylation is 1. The Morgan fingerprint density at radius 1 is 1.41 bits per heavy atom. The topological polar surface area (TPSA) is 94.2 Å². The maximum absolute atomic E-state index is 11.1. The van der Waals surface area contributed by atoms with Crippen LogP contribution in [0.15, 0.2) is 42.6 Å². The van der Waals surface area contributed by atoms with Crippen molar-refractivity contribution in [2.24, 2.45) is 5.73 Å². The maximum Gasteiger partial charge on any atom is 0.253 e. The number of hydrogen-bond donors (Lipinski definition) is 3. The molecule has 0 saturated carbocycles. The Balaban J connectivity index is 1.73. The van der Waals surface area contributed by atoms with Gasteiger partial charge in [0.05, 0.1) is 11.9 Å². The first-order valence-corrected chi connectivity index (χ1v) is 6.99. The van der Waals surface area contributed by atoms with Crippen LogP contribution in [0.3, 0.4) is 0 Å². The molecule has 114 valence electrons. The molecule has 0 spiro atoms. The van der Waals surface area contributed by atoms with Gasteiger partial charge in [-0.25, -0.2) is 4.68 Å². The third-order valence-electron chi connectivity index (χ3n) is 3.38. The molecule has 1 atom stereocenters. The predicted molar refractivity (Wildman–Crippen MR) is 82.8 cm³/mol. The Bertz CT molecular complexity index is 705. The van der Waals surface area contributed by atoms with Crippen molar-refractivity contribution in [3.8, 4) is 0 Å². The van der Waals surface area contributed by atoms with Crippen molar-refractivity contribution in [3.63, 3.8) is 0 Å². The second-order valence-electron chi connectivity index (χ2n) is 4.86. The Hall–Kier alpha value is -2.80. The quantitative estimate of drug-likeness (QED) is 0.775. The fourth-order valence-electron chi connectivity index (χ4n) is 2.21. The number of hydrogen-bond acceptors (Lipinski definition) is 5. The zero-order valence-electron chi connectivity index (χ0n) is 12.1. The van der Waals surface area contributed by atoms with E-state index in [9.17, 15) is 4.79 Å². The first kappa shape index (κ1) is 14.2. The standard InChI is InChI=1S/C15H17N5O2/c1-2-20-14(7-8-17-20)18-11-5-3-10(4-6-11)12-9-13(15(16)21)22-19-12/h3-9,13,18-19H,2H2,1H3,(H2,16,21). The van der Waals surface area contributed by atoms with Crippen molar-refractivity contribution >= 4 is 23.1 Å². The van der Waals surface area contributed by atoms with Crippen LogP contribution in [0.2, 0.25) is 0 Å². The van der Waals surface area contributed by atoms with Gasteiger partial charge in [0, 0.05) is 18.3 Å². The van der Waals surface area contributed by atoms with E-state index in [1.165, 1.54) is 0 Å². The van der Waals surface area contributed by atoms with E-state index >= 15 is 0 Å². The molecule has 0 fully saturated rings. The highest BCUT2D eigenvalue weighted by Gasteiger charge is 2.21. The first-order chi connectivity index (χ1) is 10.7. The molecule has 1 aliphatic rings. The molecule has 22 heavy (non-hydrogen) atoms. The molecule has 2 aromatic rings. The highest BCUT2D eigenvalue weighted by molar-refractivity contribution is 5.84. The van der Waals surface area contributed by atoms with Crippen molar-refractivity contribution < 1.29 is 9.63 Å². The number of rotatable bonds is 5. The van der Waals surface area contributed by atoms with Crippen molar-refractivity contribution in [1.82, 2.24) is 15.3 Å². The van der Waals surface area contributed by atoms with Crippen molar-refractivity contribution in [2.45, 2.75) is 19.6 Å². The van der Waals surface area contributed by atoms with Crippen LogP contribution in [-0.2, 0) is 16.2 Å². The highest BCUT2D eigenvalue weighted by atomic mass is 16.7. The lowest BCUT2D eigenvalue weighted by Crippen LogP contribution is -2.28. The molecular weight excluding hydrogens is 282 g/mol. The van der Waals surface area contributed by atoms with Gasteiger partial charge in [-0.1, -0.05) is 12.1 Å². The van der Waals surface area contributed by atoms with Gasteiger partial charge in [-0.15, -0.1) is 0 Å². The van der Waals surface area contributed by atoms with E-state index < -0.39 is 12.0 Å². The minimum atomic E-state index is -0.730. The van der Waals surface area contributed by atoms with E-state index in [0.29, 0.717) is 0 Å². The molecular formula is C15H17N5O2. The summed E-state index contributed by atoms with van der Waals surface area (Å²) in [6.45, 7) is 2.84. The molecule has 7 heteroatoms. The Kier molecular flexibility index (Phi) is 3.80. The SMILES string of the molecule is CCn1nccc1Nc1ccc(C2=CC(C(N)=O)ON2)cc1. The van der Waals surface area contributed by atoms with E-state index in [1.807, 2.05) is 41.9 Å². The smallest absolute Gasteiger partial charge is 0.253 e. The van der Waals surface area contributed by atoms with E-state index in [1.54, 1.807) is 12.3 Å². The summed E-state index contributed by atoms with van der Waals surface area (Å²) in [5.41, 5.74) is 10.5. The van der Waals surface area contributed by atoms with Crippen molar-refractivity contribution in [2.75, 3.05) is 5.32 Å². The average molecular weight is 299 g/mol. The summed E-state index contributed by atoms with van der Waals surface area (Å²) in [5.74, 6) is 0.416. The molecule has 4 N–H and O–H groups in total. The Morgan fingerprint density at radius 2 is 2.18 bits per heavy atom. The molecule has 1 unspecified atom stereocenters. The van der Waals surface area contributed by atoms with Crippen molar-refractivity contribution in [3.05, 3.63) is 48.2 Å². The molecule has 0 bridgehead atoms. The van der Waals surface area contributed by atoms with E-state index in [2.05, 4.69) is 15.9 Å². The monoisotopic (exact) mass is 299 g/mol. The van der Waals surface area contributed by atoms with E-state index in [0.717, 1.165) is 29.3 Å². The molecule has 1 amide bonds. The van der Waals surface area contributed by atoms with Crippen molar-refractivity contribution in [1.29, 1.82) is 0 Å². The summed E-state index contributed by atoms with van der Waals surface area (Å²) in [5, 5.41) is 7.51. The first-order valence-electron chi connectivity index (χ1n) is 6.99. The van der Waals surface area contributed by atoms with Gasteiger partial charge in [-0.2, -0.15) is 5.10 Å². The number of anilines is 2. The number of nitrogens with one attached hydrogen (secondary N) is 2. The maximum atomic E-state index is 11.1. The molecule has 1 aliphatic heterocycles. The van der Waals surface area contributed by atoms with Crippen LogP contribution >= 0.6 is 0 Å². The summed E-state index contributed by atoms with van der Waals surface area (Å²) >= 11 is 0. The van der Waals surface area contributed by atoms with Gasteiger partial charge in [0.25, 0.3) is 5.91 Å². The van der Waals surface area contributed by atoms with Gasteiger partial charge in [0.15, 0.2) is 6.10 Å². The van der Waals surface area contributed by atoms with E-state index in [-0.39, 0.29) is 0 Å². The number of carbonyl (C=O) groups is 1. The lowest BCUT2D eigenvalue weighted by atomic mass is 10.1. The van der Waals surface area contributed by atoms with Gasteiger partial charge < -0.3 is 11.1 Å². The fourth-order valence-corrected chi connectivity index (χ4v) is 2.21. The zero-order valence-corrected chi connectivity index (χ0v) is 12.1. The summed E-state index contributed by atoms with van der Waals surface area (Å²) in [6.07, 6.45) is 2.69.